The quantitative estimate of drug-likeness (QED) is 0.305. The SMILES string of the molecule is C.C.CC(C)(C)C1(O)CCCCC1.CC(C)(C)C1CCCCC1.CC(C)(C)C1CCOC1.CC(C)(C)CC1CCCCC1.CC(C)(C)c1ncco1.CC1CCC(C(C)(C)C)CC1. The molecule has 378 valence electrons. The lowest BCUT2D eigenvalue weighted by molar-refractivity contribution is -0.0844. The van der Waals surface area contributed by atoms with Crippen LogP contribution in [0.3, 0.4) is 0 Å². The molecule has 0 bridgehead atoms. The average molecular weight is 891 g/mol. The van der Waals surface area contributed by atoms with Gasteiger partial charge in [-0.1, -0.05) is 230 Å². The first-order valence-corrected chi connectivity index (χ1v) is 26.1. The lowest BCUT2D eigenvalue weighted by atomic mass is 9.68. The van der Waals surface area contributed by atoms with Crippen molar-refractivity contribution in [3.05, 3.63) is 18.4 Å². The number of hydrogen-bond donors (Lipinski definition) is 1. The molecule has 1 aliphatic heterocycles. The van der Waals surface area contributed by atoms with Crippen LogP contribution in [0.4, 0.5) is 0 Å². The van der Waals surface area contributed by atoms with Gasteiger partial charge in [-0.3, -0.25) is 0 Å². The number of ether oxygens (including phenoxy) is 1. The minimum Gasteiger partial charge on any atom is -0.448 e. The smallest absolute Gasteiger partial charge is 0.199 e. The van der Waals surface area contributed by atoms with Crippen molar-refractivity contribution in [2.24, 2.45) is 56.7 Å². The van der Waals surface area contributed by atoms with Crippen LogP contribution in [-0.4, -0.2) is 28.9 Å². The van der Waals surface area contributed by atoms with Crippen LogP contribution in [-0.2, 0) is 10.2 Å². The summed E-state index contributed by atoms with van der Waals surface area (Å²) >= 11 is 0. The van der Waals surface area contributed by atoms with Crippen molar-refractivity contribution in [2.45, 2.75) is 292 Å². The minimum absolute atomic E-state index is 0. The van der Waals surface area contributed by atoms with E-state index in [9.17, 15) is 5.11 Å². The van der Waals surface area contributed by atoms with Gasteiger partial charge in [0.05, 0.1) is 11.8 Å². The van der Waals surface area contributed by atoms with Gasteiger partial charge in [-0.2, -0.15) is 0 Å². The Morgan fingerprint density at radius 2 is 0.984 bits per heavy atom. The number of hydrogen-bond acceptors (Lipinski definition) is 4. The van der Waals surface area contributed by atoms with Gasteiger partial charge in [0, 0.05) is 18.6 Å². The van der Waals surface area contributed by atoms with Gasteiger partial charge in [0.25, 0.3) is 0 Å². The van der Waals surface area contributed by atoms with E-state index in [-0.39, 0.29) is 31.3 Å². The van der Waals surface area contributed by atoms with E-state index in [2.05, 4.69) is 137 Å². The molecule has 6 rings (SSSR count). The number of rotatable bonds is 1. The summed E-state index contributed by atoms with van der Waals surface area (Å²) in [6, 6.07) is 0. The molecule has 5 aliphatic rings. The largest absolute Gasteiger partial charge is 0.448 e. The fraction of sp³-hybridized carbons (Fsp3) is 0.949. The Morgan fingerprint density at radius 3 is 1.27 bits per heavy atom. The van der Waals surface area contributed by atoms with Gasteiger partial charge in [0.2, 0.25) is 0 Å². The summed E-state index contributed by atoms with van der Waals surface area (Å²) in [5.41, 5.74) is 1.86. The molecule has 2 heterocycles. The van der Waals surface area contributed by atoms with Gasteiger partial charge in [0.1, 0.15) is 6.26 Å². The predicted molar refractivity (Wildman–Crippen MR) is 282 cm³/mol. The first-order valence-electron chi connectivity index (χ1n) is 26.1. The van der Waals surface area contributed by atoms with Gasteiger partial charge >= 0.3 is 0 Å². The predicted octanol–water partition coefficient (Wildman–Crippen LogP) is 19.5. The summed E-state index contributed by atoms with van der Waals surface area (Å²) in [4.78, 5) is 4.02. The number of aliphatic hydroxyl groups is 1. The Balaban J connectivity index is 0. The zero-order valence-electron chi connectivity index (χ0n) is 45.0. The summed E-state index contributed by atoms with van der Waals surface area (Å²) in [7, 11) is 0. The second kappa shape index (κ2) is 29.1. The van der Waals surface area contributed by atoms with Gasteiger partial charge in [-0.25, -0.2) is 4.98 Å². The zero-order valence-corrected chi connectivity index (χ0v) is 45.0. The van der Waals surface area contributed by atoms with Crippen molar-refractivity contribution in [2.75, 3.05) is 13.2 Å². The van der Waals surface area contributed by atoms with E-state index in [1.54, 1.807) is 12.5 Å². The highest BCUT2D eigenvalue weighted by Gasteiger charge is 2.40. The minimum atomic E-state index is -0.384. The summed E-state index contributed by atoms with van der Waals surface area (Å²) < 4.78 is 10.4. The van der Waals surface area contributed by atoms with Gasteiger partial charge in [-0.05, 0) is 108 Å². The first-order chi connectivity index (χ1) is 27.8. The topological polar surface area (TPSA) is 55.5 Å². The molecule has 0 radical (unpaired) electrons. The van der Waals surface area contributed by atoms with Crippen molar-refractivity contribution in [1.29, 1.82) is 0 Å². The highest BCUT2D eigenvalue weighted by atomic mass is 16.5. The molecule has 1 aromatic rings. The third-order valence-corrected chi connectivity index (χ3v) is 15.0. The molecule has 1 unspecified atom stereocenters. The van der Waals surface area contributed by atoms with Crippen LogP contribution >= 0.6 is 0 Å². The van der Waals surface area contributed by atoms with Crippen LogP contribution in [0.1, 0.15) is 287 Å². The van der Waals surface area contributed by atoms with Gasteiger partial charge in [-0.15, -0.1) is 0 Å². The van der Waals surface area contributed by atoms with Crippen LogP contribution in [0.5, 0.6) is 0 Å². The molecule has 1 saturated heterocycles. The average Bonchev–Trinajstić information content (AvgIpc) is 3.89. The maximum Gasteiger partial charge on any atom is 0.199 e. The Labute approximate surface area is 398 Å². The lowest BCUT2D eigenvalue weighted by Crippen LogP contribution is -2.44. The number of aromatic nitrogens is 1. The number of nitrogens with zero attached hydrogens (tertiary/aromatic N) is 1. The molecule has 1 atom stereocenters. The van der Waals surface area contributed by atoms with E-state index in [0.717, 1.165) is 61.5 Å². The second-order valence-corrected chi connectivity index (χ2v) is 27.1. The van der Waals surface area contributed by atoms with Crippen molar-refractivity contribution < 1.29 is 14.3 Å². The molecule has 0 spiro atoms. The lowest BCUT2D eigenvalue weighted by Gasteiger charge is -2.43. The van der Waals surface area contributed by atoms with Crippen molar-refractivity contribution in [3.8, 4) is 0 Å². The molecular weight excluding hydrogens is 771 g/mol. The summed E-state index contributed by atoms with van der Waals surface area (Å²) in [5, 5.41) is 10.2. The molecular formula is C59H119NO3. The fourth-order valence-corrected chi connectivity index (χ4v) is 10.1. The van der Waals surface area contributed by atoms with E-state index >= 15 is 0 Å². The van der Waals surface area contributed by atoms with Crippen molar-refractivity contribution >= 4 is 0 Å². The molecule has 4 heteroatoms. The monoisotopic (exact) mass is 890 g/mol. The van der Waals surface area contributed by atoms with Crippen molar-refractivity contribution in [3.63, 3.8) is 0 Å². The highest BCUT2D eigenvalue weighted by Crippen LogP contribution is 2.42. The Hall–Kier alpha value is -0.870. The molecule has 0 aromatic carbocycles. The maximum atomic E-state index is 10.2. The molecule has 63 heavy (non-hydrogen) atoms. The Kier molecular flexibility index (Phi) is 29.7. The fourth-order valence-electron chi connectivity index (χ4n) is 10.1. The molecule has 0 amide bonds. The molecule has 4 nitrogen and oxygen atoms in total. The van der Waals surface area contributed by atoms with E-state index in [4.69, 9.17) is 9.15 Å². The second-order valence-electron chi connectivity index (χ2n) is 27.1. The van der Waals surface area contributed by atoms with E-state index in [0.29, 0.717) is 21.7 Å². The van der Waals surface area contributed by atoms with E-state index in [1.165, 1.54) is 122 Å². The Morgan fingerprint density at radius 1 is 0.556 bits per heavy atom. The third kappa shape index (κ3) is 28.2. The van der Waals surface area contributed by atoms with Crippen LogP contribution < -0.4 is 0 Å². The molecule has 1 aromatic heterocycles. The van der Waals surface area contributed by atoms with Crippen LogP contribution in [0.25, 0.3) is 0 Å². The molecule has 4 saturated carbocycles. The standard InChI is InChI=1S/2C11H22.C10H20O.C10H20.C8H16O.C7H11NO.2CH4/c1-9-5-7-10(8-6-9)11(2,3)4;1-11(2,3)9-10-7-5-4-6-8-10;1-9(2,3)10(11)7-5-4-6-8-10;1-10(2,3)9-7-5-4-6-8-9;1-8(2,3)7-4-5-9-6-7;1-7(2,3)6-8-4-5-9-6;;/h9-10H,5-8H2,1-4H3;10H,4-9H2,1-3H3;11H,4-8H2,1-3H3;9H,4-8H2,1-3H3;7H,4-6H2,1-3H3;4-5H,1-3H3;2*1H4. The summed E-state index contributed by atoms with van der Waals surface area (Å²) in [6.07, 6.45) is 32.3. The normalized spacial score (nSPS) is 23.7. The van der Waals surface area contributed by atoms with Crippen LogP contribution in [0.2, 0.25) is 0 Å². The van der Waals surface area contributed by atoms with Gasteiger partial charge < -0.3 is 14.3 Å². The van der Waals surface area contributed by atoms with E-state index < -0.39 is 0 Å². The van der Waals surface area contributed by atoms with E-state index in [1.807, 2.05) is 0 Å². The highest BCUT2D eigenvalue weighted by molar-refractivity contribution is 4.96. The molecule has 5 fully saturated rings. The van der Waals surface area contributed by atoms with Crippen LogP contribution in [0.15, 0.2) is 16.9 Å². The first kappa shape index (κ1) is 64.2. The molecule has 1 N–H and O–H groups in total. The molecule has 4 aliphatic carbocycles. The van der Waals surface area contributed by atoms with Crippen LogP contribution in [0, 0.1) is 56.7 Å². The summed E-state index contributed by atoms with van der Waals surface area (Å²) in [6.45, 7) is 45.2. The third-order valence-electron chi connectivity index (χ3n) is 15.0. The number of oxazole rings is 1. The maximum absolute atomic E-state index is 10.2. The summed E-state index contributed by atoms with van der Waals surface area (Å²) in [5.74, 6) is 5.61. The Bertz CT molecular complexity index is 1190. The zero-order chi connectivity index (χ0) is 46.8. The van der Waals surface area contributed by atoms with Crippen molar-refractivity contribution in [1.82, 2.24) is 4.98 Å². The van der Waals surface area contributed by atoms with Gasteiger partial charge in [0.15, 0.2) is 5.89 Å².